The standard InChI is InChI=1S/C15H20Cl2N6/c16-13-12-20-23(14(13)17)7-2-1-6-21-8-10-22(11-9-21)15-18-4-3-5-19-15/h3-5,12H,1-2,6-11H2. The van der Waals surface area contributed by atoms with E-state index in [9.17, 15) is 0 Å². The quantitative estimate of drug-likeness (QED) is 0.746. The number of hydrogen-bond acceptors (Lipinski definition) is 5. The highest BCUT2D eigenvalue weighted by molar-refractivity contribution is 6.41. The van der Waals surface area contributed by atoms with Gasteiger partial charge in [0, 0.05) is 45.1 Å². The van der Waals surface area contributed by atoms with Gasteiger partial charge >= 0.3 is 0 Å². The second-order valence-corrected chi connectivity index (χ2v) is 6.36. The molecule has 0 N–H and O–H groups in total. The van der Waals surface area contributed by atoms with Crippen LogP contribution < -0.4 is 4.90 Å². The van der Waals surface area contributed by atoms with Crippen molar-refractivity contribution in [1.29, 1.82) is 0 Å². The summed E-state index contributed by atoms with van der Waals surface area (Å²) in [6.45, 7) is 5.95. The van der Waals surface area contributed by atoms with Crippen LogP contribution >= 0.6 is 23.2 Å². The minimum Gasteiger partial charge on any atom is -0.338 e. The Kier molecular flexibility index (Phi) is 5.70. The summed E-state index contributed by atoms with van der Waals surface area (Å²) in [5, 5.41) is 5.21. The summed E-state index contributed by atoms with van der Waals surface area (Å²) in [6.07, 6.45) is 7.34. The summed E-state index contributed by atoms with van der Waals surface area (Å²) in [4.78, 5) is 13.3. The summed E-state index contributed by atoms with van der Waals surface area (Å²) in [6, 6.07) is 1.85. The van der Waals surface area contributed by atoms with E-state index in [1.165, 1.54) is 0 Å². The lowest BCUT2D eigenvalue weighted by Crippen LogP contribution is -2.47. The fraction of sp³-hybridized carbons (Fsp3) is 0.533. The van der Waals surface area contributed by atoms with Crippen molar-refractivity contribution in [3.63, 3.8) is 0 Å². The van der Waals surface area contributed by atoms with E-state index in [1.807, 2.05) is 6.07 Å². The zero-order chi connectivity index (χ0) is 16.1. The third-order valence-corrected chi connectivity index (χ3v) is 4.81. The highest BCUT2D eigenvalue weighted by Crippen LogP contribution is 2.20. The Balaban J connectivity index is 1.36. The van der Waals surface area contributed by atoms with Gasteiger partial charge in [0.05, 0.1) is 11.2 Å². The Morgan fingerprint density at radius 1 is 0.957 bits per heavy atom. The monoisotopic (exact) mass is 354 g/mol. The van der Waals surface area contributed by atoms with Crippen molar-refractivity contribution in [3.05, 3.63) is 34.8 Å². The molecule has 2 aromatic rings. The summed E-state index contributed by atoms with van der Waals surface area (Å²) < 4.78 is 1.76. The smallest absolute Gasteiger partial charge is 0.225 e. The van der Waals surface area contributed by atoms with Crippen molar-refractivity contribution in [1.82, 2.24) is 24.6 Å². The fourth-order valence-electron chi connectivity index (χ4n) is 2.73. The molecular weight excluding hydrogens is 335 g/mol. The number of aromatic nitrogens is 4. The molecule has 124 valence electrons. The third kappa shape index (κ3) is 4.34. The number of halogens is 2. The van der Waals surface area contributed by atoms with Gasteiger partial charge in [-0.15, -0.1) is 0 Å². The van der Waals surface area contributed by atoms with Gasteiger partial charge < -0.3 is 4.90 Å². The van der Waals surface area contributed by atoms with Crippen LogP contribution in [0.15, 0.2) is 24.7 Å². The van der Waals surface area contributed by atoms with Crippen LogP contribution in [-0.4, -0.2) is 57.4 Å². The van der Waals surface area contributed by atoms with Crippen molar-refractivity contribution in [2.24, 2.45) is 0 Å². The Labute approximate surface area is 146 Å². The van der Waals surface area contributed by atoms with Gasteiger partial charge in [0.2, 0.25) is 5.95 Å². The average molecular weight is 355 g/mol. The number of unbranched alkanes of at least 4 members (excludes halogenated alkanes) is 1. The first-order valence-electron chi connectivity index (χ1n) is 7.85. The van der Waals surface area contributed by atoms with Gasteiger partial charge in [0.15, 0.2) is 0 Å². The van der Waals surface area contributed by atoms with E-state index in [1.54, 1.807) is 23.3 Å². The van der Waals surface area contributed by atoms with Gasteiger partial charge in [-0.05, 0) is 25.5 Å². The second kappa shape index (κ2) is 7.95. The van der Waals surface area contributed by atoms with E-state index in [2.05, 4.69) is 24.9 Å². The molecule has 0 radical (unpaired) electrons. The Bertz CT molecular complexity index is 610. The van der Waals surface area contributed by atoms with Gasteiger partial charge in [-0.1, -0.05) is 23.2 Å². The highest BCUT2D eigenvalue weighted by Gasteiger charge is 2.18. The molecule has 3 heterocycles. The normalized spacial score (nSPS) is 16.0. The summed E-state index contributed by atoms with van der Waals surface area (Å²) in [7, 11) is 0. The molecular formula is C15H20Cl2N6. The SMILES string of the molecule is Clc1cnn(CCCCN2CCN(c3ncccn3)CC2)c1Cl. The van der Waals surface area contributed by atoms with E-state index in [-0.39, 0.29) is 0 Å². The predicted molar refractivity (Wildman–Crippen MR) is 92.2 cm³/mol. The maximum atomic E-state index is 6.05. The fourth-order valence-corrected chi connectivity index (χ4v) is 3.04. The molecule has 6 nitrogen and oxygen atoms in total. The average Bonchev–Trinajstić information content (AvgIpc) is 2.92. The van der Waals surface area contributed by atoms with Gasteiger partial charge in [-0.3, -0.25) is 9.58 Å². The summed E-state index contributed by atoms with van der Waals surface area (Å²) >= 11 is 11.9. The van der Waals surface area contributed by atoms with Crippen molar-refractivity contribution in [3.8, 4) is 0 Å². The number of piperazine rings is 1. The number of hydrogen-bond donors (Lipinski definition) is 0. The topological polar surface area (TPSA) is 50.1 Å². The van der Waals surface area contributed by atoms with Gasteiger partial charge in [0.25, 0.3) is 0 Å². The minimum atomic E-state index is 0.519. The zero-order valence-corrected chi connectivity index (χ0v) is 14.4. The largest absolute Gasteiger partial charge is 0.338 e. The van der Waals surface area contributed by atoms with Crippen LogP contribution in [0.2, 0.25) is 10.2 Å². The Hall–Kier alpha value is -1.37. The van der Waals surface area contributed by atoms with Crippen LogP contribution in [0.3, 0.4) is 0 Å². The molecule has 1 fully saturated rings. The van der Waals surface area contributed by atoms with Crippen LogP contribution in [0, 0.1) is 0 Å². The number of nitrogens with zero attached hydrogens (tertiary/aromatic N) is 6. The van der Waals surface area contributed by atoms with Crippen LogP contribution in [0.4, 0.5) is 5.95 Å². The Morgan fingerprint density at radius 2 is 1.65 bits per heavy atom. The summed E-state index contributed by atoms with van der Waals surface area (Å²) in [5.41, 5.74) is 0. The summed E-state index contributed by atoms with van der Waals surface area (Å²) in [5.74, 6) is 0.831. The molecule has 3 rings (SSSR count). The van der Waals surface area contributed by atoms with E-state index >= 15 is 0 Å². The van der Waals surface area contributed by atoms with Gasteiger partial charge in [-0.25, -0.2) is 9.97 Å². The number of anilines is 1. The predicted octanol–water partition coefficient (Wildman–Crippen LogP) is 2.58. The molecule has 0 saturated carbocycles. The molecule has 0 aliphatic carbocycles. The van der Waals surface area contributed by atoms with Crippen LogP contribution in [0.25, 0.3) is 0 Å². The maximum Gasteiger partial charge on any atom is 0.225 e. The minimum absolute atomic E-state index is 0.519. The van der Waals surface area contributed by atoms with Gasteiger partial charge in [0.1, 0.15) is 5.15 Å². The van der Waals surface area contributed by atoms with E-state index < -0.39 is 0 Å². The van der Waals surface area contributed by atoms with Crippen LogP contribution in [-0.2, 0) is 6.54 Å². The van der Waals surface area contributed by atoms with Crippen LogP contribution in [0.1, 0.15) is 12.8 Å². The van der Waals surface area contributed by atoms with E-state index in [4.69, 9.17) is 23.2 Å². The molecule has 0 unspecified atom stereocenters. The third-order valence-electron chi connectivity index (χ3n) is 4.04. The molecule has 1 aliphatic heterocycles. The van der Waals surface area contributed by atoms with Crippen molar-refractivity contribution >= 4 is 29.2 Å². The Morgan fingerprint density at radius 3 is 2.30 bits per heavy atom. The lowest BCUT2D eigenvalue weighted by Gasteiger charge is -2.34. The molecule has 0 bridgehead atoms. The van der Waals surface area contributed by atoms with E-state index in [0.717, 1.165) is 58.1 Å². The van der Waals surface area contributed by atoms with Crippen molar-refractivity contribution in [2.45, 2.75) is 19.4 Å². The molecule has 0 atom stereocenters. The highest BCUT2D eigenvalue weighted by atomic mass is 35.5. The molecule has 0 amide bonds. The maximum absolute atomic E-state index is 6.05. The zero-order valence-electron chi connectivity index (χ0n) is 12.9. The van der Waals surface area contributed by atoms with Crippen molar-refractivity contribution in [2.75, 3.05) is 37.6 Å². The molecule has 0 aromatic carbocycles. The second-order valence-electron chi connectivity index (χ2n) is 5.59. The number of rotatable bonds is 6. The van der Waals surface area contributed by atoms with Crippen molar-refractivity contribution < 1.29 is 0 Å². The first kappa shape index (κ1) is 16.5. The molecule has 23 heavy (non-hydrogen) atoms. The molecule has 1 saturated heterocycles. The molecule has 8 heteroatoms. The lowest BCUT2D eigenvalue weighted by molar-refractivity contribution is 0.249. The van der Waals surface area contributed by atoms with Gasteiger partial charge in [-0.2, -0.15) is 5.10 Å². The molecule has 2 aromatic heterocycles. The molecule has 1 aliphatic rings. The lowest BCUT2D eigenvalue weighted by atomic mass is 10.2. The number of aryl methyl sites for hydroxylation is 1. The van der Waals surface area contributed by atoms with E-state index in [0.29, 0.717) is 10.2 Å². The first-order chi connectivity index (χ1) is 11.2. The van der Waals surface area contributed by atoms with Crippen LogP contribution in [0.5, 0.6) is 0 Å². The first-order valence-corrected chi connectivity index (χ1v) is 8.61. The molecule has 0 spiro atoms.